The molecule has 0 aromatic heterocycles. The van der Waals surface area contributed by atoms with Gasteiger partial charge >= 0.3 is 0 Å². The fraction of sp³-hybridized carbons (Fsp3) is 0.774. The number of amides is 1. The van der Waals surface area contributed by atoms with Gasteiger partial charge in [0.25, 0.3) is 5.91 Å². The first-order valence-electron chi connectivity index (χ1n) is 15.4. The highest BCUT2D eigenvalue weighted by molar-refractivity contribution is 5.95. The predicted octanol–water partition coefficient (Wildman–Crippen LogP) is 2.38. The van der Waals surface area contributed by atoms with E-state index in [-0.39, 0.29) is 5.91 Å². The van der Waals surface area contributed by atoms with Crippen molar-refractivity contribution in [1.82, 2.24) is 5.32 Å². The molecule has 0 bridgehead atoms. The van der Waals surface area contributed by atoms with Gasteiger partial charge in [-0.25, -0.2) is 0 Å². The molecule has 256 valence electrons. The van der Waals surface area contributed by atoms with Gasteiger partial charge in [0.1, 0.15) is 18.1 Å². The fourth-order valence-electron chi connectivity index (χ4n) is 3.39. The lowest BCUT2D eigenvalue weighted by Crippen LogP contribution is -2.27. The van der Waals surface area contributed by atoms with Crippen LogP contribution in [0, 0.1) is 0 Å². The normalized spacial score (nSPS) is 11.2. The van der Waals surface area contributed by atoms with Crippen LogP contribution in [0.5, 0.6) is 11.5 Å². The molecule has 0 saturated carbocycles. The molecule has 0 aliphatic rings. The quantitative estimate of drug-likeness (QED) is 0.114. The largest absolute Gasteiger partial charge is 0.493 e. The Labute approximate surface area is 263 Å². The minimum atomic E-state index is -0.255. The van der Waals surface area contributed by atoms with Crippen molar-refractivity contribution in [3.05, 3.63) is 23.8 Å². The average molecular weight is 634 g/mol. The van der Waals surface area contributed by atoms with Crippen molar-refractivity contribution < 1.29 is 56.9 Å². The van der Waals surface area contributed by atoms with Gasteiger partial charge in [-0.2, -0.15) is 0 Å². The van der Waals surface area contributed by atoms with Crippen molar-refractivity contribution in [1.29, 1.82) is 0 Å². The lowest BCUT2D eigenvalue weighted by atomic mass is 10.2. The zero-order chi connectivity index (χ0) is 31.8. The van der Waals surface area contributed by atoms with Crippen LogP contribution >= 0.6 is 0 Å². The third-order valence-corrected chi connectivity index (χ3v) is 5.57. The van der Waals surface area contributed by atoms with Gasteiger partial charge in [0.15, 0.2) is 0 Å². The van der Waals surface area contributed by atoms with Gasteiger partial charge in [0, 0.05) is 52.0 Å². The van der Waals surface area contributed by atoms with Gasteiger partial charge in [-0.1, -0.05) is 6.92 Å². The average Bonchev–Trinajstić information content (AvgIpc) is 3.03. The Balaban J connectivity index is 2.43. The van der Waals surface area contributed by atoms with Gasteiger partial charge < -0.3 is 57.4 Å². The number of ether oxygens (including phenoxy) is 11. The van der Waals surface area contributed by atoms with Crippen LogP contribution in [0.3, 0.4) is 0 Å². The molecule has 1 aromatic carbocycles. The first-order valence-corrected chi connectivity index (χ1v) is 15.4. The minimum absolute atomic E-state index is 0.255. The standard InChI is InChI=1S/C31H55NO12/c1-4-7-36-15-18-41-20-17-38-10-6-32-31(33)28-25-29(43-9-5-8-37-16-19-39-13-11-34-2)27-30(26-28)44-24-23-42-22-21-40-14-12-35-3/h25-27H,4-24H2,1-3H3,(H,32,33). The Kier molecular flexibility index (Phi) is 28.1. The molecule has 0 unspecified atom stereocenters. The third-order valence-electron chi connectivity index (χ3n) is 5.57. The monoisotopic (exact) mass is 633 g/mol. The molecular weight excluding hydrogens is 578 g/mol. The number of benzene rings is 1. The summed E-state index contributed by atoms with van der Waals surface area (Å²) in [5.41, 5.74) is 0.421. The first kappa shape index (κ1) is 40.0. The summed E-state index contributed by atoms with van der Waals surface area (Å²) in [6.07, 6.45) is 1.67. The Morgan fingerprint density at radius 2 is 0.955 bits per heavy atom. The number of rotatable bonds is 33. The molecule has 44 heavy (non-hydrogen) atoms. The van der Waals surface area contributed by atoms with E-state index in [0.717, 1.165) is 13.0 Å². The smallest absolute Gasteiger partial charge is 0.251 e. The van der Waals surface area contributed by atoms with Crippen molar-refractivity contribution >= 4 is 5.91 Å². The Morgan fingerprint density at radius 1 is 0.523 bits per heavy atom. The second kappa shape index (κ2) is 30.9. The lowest BCUT2D eigenvalue weighted by Gasteiger charge is -2.13. The van der Waals surface area contributed by atoms with Gasteiger partial charge in [-0.15, -0.1) is 0 Å². The molecule has 0 radical (unpaired) electrons. The summed E-state index contributed by atoms with van der Waals surface area (Å²) in [4.78, 5) is 12.9. The van der Waals surface area contributed by atoms with E-state index in [2.05, 4.69) is 12.2 Å². The topological polar surface area (TPSA) is 131 Å². The van der Waals surface area contributed by atoms with Crippen LogP contribution in [0.25, 0.3) is 0 Å². The fourth-order valence-corrected chi connectivity index (χ4v) is 3.39. The molecule has 0 aliphatic carbocycles. The van der Waals surface area contributed by atoms with Crippen LogP contribution in [0.4, 0.5) is 0 Å². The number of hydrogen-bond donors (Lipinski definition) is 1. The van der Waals surface area contributed by atoms with E-state index in [0.29, 0.717) is 142 Å². The summed E-state index contributed by atoms with van der Waals surface area (Å²) in [6, 6.07) is 5.12. The van der Waals surface area contributed by atoms with Gasteiger partial charge in [0.2, 0.25) is 0 Å². The minimum Gasteiger partial charge on any atom is -0.493 e. The van der Waals surface area contributed by atoms with Crippen molar-refractivity contribution in [3.63, 3.8) is 0 Å². The highest BCUT2D eigenvalue weighted by Crippen LogP contribution is 2.23. The summed E-state index contributed by atoms with van der Waals surface area (Å²) in [7, 11) is 3.27. The summed E-state index contributed by atoms with van der Waals surface area (Å²) in [5, 5.41) is 2.87. The van der Waals surface area contributed by atoms with Crippen LogP contribution in [0.1, 0.15) is 30.1 Å². The summed E-state index contributed by atoms with van der Waals surface area (Å²) >= 11 is 0. The van der Waals surface area contributed by atoms with Crippen LogP contribution in [0.15, 0.2) is 18.2 Å². The van der Waals surface area contributed by atoms with Crippen molar-refractivity contribution in [3.8, 4) is 11.5 Å². The molecule has 0 fully saturated rings. The molecule has 0 aliphatic heterocycles. The molecule has 13 nitrogen and oxygen atoms in total. The molecule has 0 spiro atoms. The van der Waals surface area contributed by atoms with Crippen LogP contribution in [0.2, 0.25) is 0 Å². The van der Waals surface area contributed by atoms with E-state index in [1.54, 1.807) is 32.4 Å². The summed E-state index contributed by atoms with van der Waals surface area (Å²) < 4.78 is 59.9. The van der Waals surface area contributed by atoms with E-state index in [1.165, 1.54) is 0 Å². The molecule has 1 amide bonds. The molecule has 0 heterocycles. The number of hydrogen-bond acceptors (Lipinski definition) is 12. The Bertz CT molecular complexity index is 786. The Morgan fingerprint density at radius 3 is 1.48 bits per heavy atom. The SMILES string of the molecule is CCCOCCOCCOCCNC(=O)c1cc(OCCCOCCOCCOC)cc(OCCOCCOCCOC)c1. The van der Waals surface area contributed by atoms with Crippen LogP contribution in [-0.4, -0.2) is 146 Å². The van der Waals surface area contributed by atoms with Gasteiger partial charge in [0.05, 0.1) is 99.1 Å². The zero-order valence-electron chi connectivity index (χ0n) is 27.0. The maximum Gasteiger partial charge on any atom is 0.251 e. The first-order chi connectivity index (χ1) is 21.7. The van der Waals surface area contributed by atoms with Gasteiger partial charge in [-0.05, 0) is 18.6 Å². The number of nitrogens with one attached hydrogen (secondary N) is 1. The molecular formula is C31H55NO12. The molecule has 1 N–H and O–H groups in total. The van der Waals surface area contributed by atoms with E-state index >= 15 is 0 Å². The highest BCUT2D eigenvalue weighted by Gasteiger charge is 2.11. The second-order valence-corrected chi connectivity index (χ2v) is 9.27. The van der Waals surface area contributed by atoms with Crippen molar-refractivity contribution in [2.75, 3.05) is 140 Å². The van der Waals surface area contributed by atoms with E-state index in [4.69, 9.17) is 52.1 Å². The van der Waals surface area contributed by atoms with Crippen molar-refractivity contribution in [2.24, 2.45) is 0 Å². The van der Waals surface area contributed by atoms with Gasteiger partial charge in [-0.3, -0.25) is 4.79 Å². The maximum atomic E-state index is 12.9. The predicted molar refractivity (Wildman–Crippen MR) is 164 cm³/mol. The summed E-state index contributed by atoms with van der Waals surface area (Å²) in [5.74, 6) is 0.780. The lowest BCUT2D eigenvalue weighted by molar-refractivity contribution is 0.0152. The summed E-state index contributed by atoms with van der Waals surface area (Å²) in [6.45, 7) is 11.3. The highest BCUT2D eigenvalue weighted by atomic mass is 16.6. The molecule has 0 saturated heterocycles. The second-order valence-electron chi connectivity index (χ2n) is 9.27. The molecule has 0 atom stereocenters. The number of carbonyl (C=O) groups is 1. The number of carbonyl (C=O) groups excluding carboxylic acids is 1. The maximum absolute atomic E-state index is 12.9. The van der Waals surface area contributed by atoms with E-state index < -0.39 is 0 Å². The molecule has 1 rings (SSSR count). The molecule has 1 aromatic rings. The molecule has 13 heteroatoms. The van der Waals surface area contributed by atoms with Crippen LogP contribution in [-0.2, 0) is 42.6 Å². The van der Waals surface area contributed by atoms with E-state index in [1.807, 2.05) is 0 Å². The third kappa shape index (κ3) is 24.3. The van der Waals surface area contributed by atoms with Crippen LogP contribution < -0.4 is 14.8 Å². The van der Waals surface area contributed by atoms with Crippen molar-refractivity contribution in [2.45, 2.75) is 19.8 Å². The number of methoxy groups -OCH3 is 2. The van der Waals surface area contributed by atoms with E-state index in [9.17, 15) is 4.79 Å². The zero-order valence-corrected chi connectivity index (χ0v) is 27.0. The Hall–Kier alpha value is -2.07.